The van der Waals surface area contributed by atoms with Gasteiger partial charge in [0.15, 0.2) is 0 Å². The Balaban J connectivity index is 1.08. The van der Waals surface area contributed by atoms with E-state index in [0.717, 1.165) is 35.6 Å². The molecule has 0 bridgehead atoms. The van der Waals surface area contributed by atoms with Crippen LogP contribution in [0.25, 0.3) is 35.4 Å². The molecule has 8 rings (SSSR count). The van der Waals surface area contributed by atoms with Crippen molar-refractivity contribution in [2.24, 2.45) is 0 Å². The fourth-order valence-electron chi connectivity index (χ4n) is 8.10. The second-order valence-corrected chi connectivity index (χ2v) is 16.4. The molecule has 0 atom stereocenters. The fourth-order valence-corrected chi connectivity index (χ4v) is 8.10. The predicted molar refractivity (Wildman–Crippen MR) is 270 cm³/mol. The minimum atomic E-state index is 0.948. The highest BCUT2D eigenvalue weighted by Gasteiger charge is 2.18. The van der Waals surface area contributed by atoms with E-state index in [9.17, 15) is 0 Å². The third-order valence-corrected chi connectivity index (χ3v) is 11.7. The molecular weight excluding hydrogens is 749 g/mol. The summed E-state index contributed by atoms with van der Waals surface area (Å²) in [5, 5.41) is 0. The van der Waals surface area contributed by atoms with Crippen LogP contribution in [0.4, 0.5) is 34.1 Å². The van der Waals surface area contributed by atoms with Crippen LogP contribution in [0.3, 0.4) is 0 Å². The highest BCUT2D eigenvalue weighted by Crippen LogP contribution is 2.41. The smallest absolute Gasteiger partial charge is 0.0493 e. The molecule has 0 aromatic heterocycles. The topological polar surface area (TPSA) is 6.48 Å². The summed E-state index contributed by atoms with van der Waals surface area (Å²) < 4.78 is 0. The Morgan fingerprint density at radius 1 is 0.306 bits per heavy atom. The van der Waals surface area contributed by atoms with Crippen molar-refractivity contribution in [3.05, 3.63) is 238 Å². The van der Waals surface area contributed by atoms with E-state index >= 15 is 0 Å². The third-order valence-electron chi connectivity index (χ3n) is 11.7. The highest BCUT2D eigenvalue weighted by atomic mass is 15.1. The van der Waals surface area contributed by atoms with Crippen LogP contribution >= 0.6 is 0 Å². The minimum absolute atomic E-state index is 0.948. The van der Waals surface area contributed by atoms with E-state index in [1.54, 1.807) is 0 Å². The van der Waals surface area contributed by atoms with Crippen LogP contribution in [0.2, 0.25) is 0 Å². The number of hydrogen-bond donors (Lipinski definition) is 0. The summed E-state index contributed by atoms with van der Waals surface area (Å²) in [6.07, 6.45) is 10.6. The van der Waals surface area contributed by atoms with Gasteiger partial charge < -0.3 is 9.80 Å². The number of hydrogen-bond acceptors (Lipinski definition) is 2. The van der Waals surface area contributed by atoms with Crippen LogP contribution < -0.4 is 9.80 Å². The van der Waals surface area contributed by atoms with Gasteiger partial charge in [0.2, 0.25) is 0 Å². The Kier molecular flexibility index (Phi) is 12.8. The van der Waals surface area contributed by atoms with Gasteiger partial charge in [0.1, 0.15) is 0 Å². The van der Waals surface area contributed by atoms with Gasteiger partial charge in [-0.1, -0.05) is 182 Å². The fraction of sp³-hybridized carbons (Fsp3) is 0.133. The molecule has 8 aromatic carbocycles. The lowest BCUT2D eigenvalue weighted by Crippen LogP contribution is -2.12. The van der Waals surface area contributed by atoms with Crippen molar-refractivity contribution in [2.75, 3.05) is 9.80 Å². The first-order valence-corrected chi connectivity index (χ1v) is 21.9. The van der Waals surface area contributed by atoms with Crippen LogP contribution in [-0.4, -0.2) is 0 Å². The summed E-state index contributed by atoms with van der Waals surface area (Å²) in [6, 6.07) is 66.7. The molecule has 62 heavy (non-hydrogen) atoms. The molecule has 2 nitrogen and oxygen atoms in total. The van der Waals surface area contributed by atoms with Gasteiger partial charge in [-0.15, -0.1) is 0 Å². The summed E-state index contributed by atoms with van der Waals surface area (Å²) in [4.78, 5) is 4.79. The van der Waals surface area contributed by atoms with Crippen LogP contribution in [0.15, 0.2) is 182 Å². The first-order valence-electron chi connectivity index (χ1n) is 21.9. The van der Waals surface area contributed by atoms with Crippen LogP contribution in [0, 0.1) is 27.7 Å². The molecule has 0 amide bonds. The number of rotatable bonds is 13. The molecule has 306 valence electrons. The van der Waals surface area contributed by atoms with Crippen molar-refractivity contribution < 1.29 is 0 Å². The summed E-state index contributed by atoms with van der Waals surface area (Å²) >= 11 is 0. The molecule has 0 radical (unpaired) electrons. The van der Waals surface area contributed by atoms with E-state index in [4.69, 9.17) is 0 Å². The Bertz CT molecular complexity index is 2590. The second kappa shape index (κ2) is 19.0. The molecule has 0 saturated carbocycles. The molecule has 0 spiro atoms. The van der Waals surface area contributed by atoms with Crippen molar-refractivity contribution in [1.29, 1.82) is 0 Å². The molecule has 0 heterocycles. The lowest BCUT2D eigenvalue weighted by atomic mass is 10.0. The maximum absolute atomic E-state index is 2.40. The van der Waals surface area contributed by atoms with Gasteiger partial charge in [0.25, 0.3) is 0 Å². The van der Waals surface area contributed by atoms with E-state index in [0.29, 0.717) is 0 Å². The average molecular weight is 805 g/mol. The summed E-state index contributed by atoms with van der Waals surface area (Å²) in [7, 11) is 0. The van der Waals surface area contributed by atoms with Crippen LogP contribution in [-0.2, 0) is 12.8 Å². The molecule has 2 heteroatoms. The molecule has 0 N–H and O–H groups in total. The molecular formula is C60H56N2. The number of aryl methyl sites for hydroxylation is 6. The lowest BCUT2D eigenvalue weighted by Gasteiger charge is -2.28. The van der Waals surface area contributed by atoms with E-state index < -0.39 is 0 Å². The van der Waals surface area contributed by atoms with E-state index in [1.165, 1.54) is 78.1 Å². The van der Waals surface area contributed by atoms with E-state index in [-0.39, 0.29) is 0 Å². The van der Waals surface area contributed by atoms with Gasteiger partial charge in [-0.05, 0) is 146 Å². The van der Waals surface area contributed by atoms with Crippen molar-refractivity contribution in [3.63, 3.8) is 0 Å². The zero-order valence-electron chi connectivity index (χ0n) is 36.9. The lowest BCUT2D eigenvalue weighted by molar-refractivity contribution is 1.11. The maximum atomic E-state index is 2.40. The highest BCUT2D eigenvalue weighted by molar-refractivity contribution is 5.83. The molecule has 0 saturated heterocycles. The van der Waals surface area contributed by atoms with Gasteiger partial charge in [0.05, 0.1) is 0 Å². The van der Waals surface area contributed by atoms with E-state index in [1.807, 2.05) is 0 Å². The summed E-state index contributed by atoms with van der Waals surface area (Å²) in [5.74, 6) is 0. The average Bonchev–Trinajstić information content (AvgIpc) is 3.31. The zero-order valence-corrected chi connectivity index (χ0v) is 36.9. The summed E-state index contributed by atoms with van der Waals surface area (Å²) in [6.45, 7) is 13.1. The molecule has 0 fully saturated rings. The number of nitrogens with zero attached hydrogens (tertiary/aromatic N) is 2. The number of benzene rings is 8. The predicted octanol–water partition coefficient (Wildman–Crippen LogP) is 17.0. The first-order chi connectivity index (χ1) is 30.2. The molecule has 0 unspecified atom stereocenters. The van der Waals surface area contributed by atoms with Gasteiger partial charge in [0, 0.05) is 34.1 Å². The Labute approximate surface area is 369 Å². The van der Waals surface area contributed by atoms with Gasteiger partial charge in [-0.25, -0.2) is 0 Å². The SMILES string of the molecule is CCc1cc(C)ccc1N(c1ccc(C=Cc2ccc(C)cc2)cc1)c1ccc(-c2ccc(N(c3ccc(C=Cc4ccc(C)cc4)cc3)c3ccc(C)cc3CC)cc2)cc1. The molecule has 0 aliphatic heterocycles. The van der Waals surface area contributed by atoms with Gasteiger partial charge in [-0.2, -0.15) is 0 Å². The van der Waals surface area contributed by atoms with Gasteiger partial charge in [-0.3, -0.25) is 0 Å². The van der Waals surface area contributed by atoms with Crippen molar-refractivity contribution in [2.45, 2.75) is 54.4 Å². The third kappa shape index (κ3) is 9.72. The Hall–Kier alpha value is -7.16. The molecule has 8 aromatic rings. The second-order valence-electron chi connectivity index (χ2n) is 16.4. The van der Waals surface area contributed by atoms with Crippen molar-refractivity contribution in [1.82, 2.24) is 0 Å². The Morgan fingerprint density at radius 2 is 0.565 bits per heavy atom. The largest absolute Gasteiger partial charge is 0.310 e. The Morgan fingerprint density at radius 3 is 0.855 bits per heavy atom. The van der Waals surface area contributed by atoms with Gasteiger partial charge >= 0.3 is 0 Å². The maximum Gasteiger partial charge on any atom is 0.0493 e. The van der Waals surface area contributed by atoms with Crippen molar-refractivity contribution >= 4 is 58.4 Å². The minimum Gasteiger partial charge on any atom is -0.310 e. The van der Waals surface area contributed by atoms with Crippen molar-refractivity contribution in [3.8, 4) is 11.1 Å². The normalized spacial score (nSPS) is 11.4. The standard InChI is InChI=1S/C60H56N2/c1-7-51-41-45(5)13-39-59(51)61(55-31-23-49(24-32-55)21-19-47-15-9-43(3)10-16-47)57-35-27-53(28-36-57)54-29-37-58(38-30-54)62(60-40-14-46(6)42-52(60)8-2)56-33-25-50(26-34-56)22-20-48-17-11-44(4)12-18-48/h9-42H,7-8H2,1-6H3. The van der Waals surface area contributed by atoms with Crippen LogP contribution in [0.1, 0.15) is 69.5 Å². The molecule has 0 aliphatic rings. The molecule has 0 aliphatic carbocycles. The summed E-state index contributed by atoms with van der Waals surface area (Å²) in [5.41, 5.74) is 21.8. The van der Waals surface area contributed by atoms with E-state index in [2.05, 4.69) is 258 Å². The quantitative estimate of drug-likeness (QED) is 0.107. The first kappa shape index (κ1) is 41.6. The zero-order chi connectivity index (χ0) is 43.0. The monoisotopic (exact) mass is 804 g/mol. The van der Waals surface area contributed by atoms with Crippen LogP contribution in [0.5, 0.6) is 0 Å². The number of anilines is 6.